The molecule has 0 saturated heterocycles. The molecule has 4 rings (SSSR count). The van der Waals surface area contributed by atoms with Crippen LogP contribution in [0.4, 0.5) is 5.82 Å². The van der Waals surface area contributed by atoms with Gasteiger partial charge in [-0.3, -0.25) is 9.12 Å². The van der Waals surface area contributed by atoms with Crippen molar-refractivity contribution in [1.82, 2.24) is 29.2 Å². The summed E-state index contributed by atoms with van der Waals surface area (Å²) in [4.78, 5) is 18.2. The molecule has 3 heterocycles. The van der Waals surface area contributed by atoms with E-state index in [1.54, 1.807) is 55.2 Å². The van der Waals surface area contributed by atoms with E-state index in [0.29, 0.717) is 46.8 Å². The first-order valence-corrected chi connectivity index (χ1v) is 11.3. The molecule has 0 radical (unpaired) electrons. The third-order valence-electron chi connectivity index (χ3n) is 4.83. The number of nitrogens with one attached hydrogen (secondary N) is 1. The highest BCUT2D eigenvalue weighted by molar-refractivity contribution is 7.77. The second-order valence-corrected chi connectivity index (χ2v) is 7.64. The minimum Gasteiger partial charge on any atom is -0.494 e. The normalized spacial score (nSPS) is 12.0. The summed E-state index contributed by atoms with van der Waals surface area (Å²) >= 11 is -2.25. The minimum absolute atomic E-state index is 0.0738. The molecule has 0 aliphatic heterocycles. The fraction of sp³-hybridized carbons (Fsp3) is 0.238. The van der Waals surface area contributed by atoms with Crippen LogP contribution in [-0.4, -0.2) is 54.1 Å². The largest absolute Gasteiger partial charge is 0.494 e. The fourth-order valence-corrected chi connectivity index (χ4v) is 3.66. The van der Waals surface area contributed by atoms with Gasteiger partial charge < -0.3 is 19.9 Å². The molecule has 13 heteroatoms. The first kappa shape index (κ1) is 23.4. The van der Waals surface area contributed by atoms with Crippen LogP contribution in [0.3, 0.4) is 0 Å². The molecule has 4 N–H and O–H groups in total. The van der Waals surface area contributed by atoms with Crippen LogP contribution in [0.2, 0.25) is 0 Å². The summed E-state index contributed by atoms with van der Waals surface area (Å²) < 4.78 is 41.1. The zero-order valence-corrected chi connectivity index (χ0v) is 19.5. The second-order valence-electron chi connectivity index (χ2n) is 6.85. The Hall–Kier alpha value is -3.81. The smallest absolute Gasteiger partial charge is 0.232 e. The van der Waals surface area contributed by atoms with Crippen molar-refractivity contribution in [3.8, 4) is 34.6 Å². The summed E-state index contributed by atoms with van der Waals surface area (Å²) in [6, 6.07) is 10.7. The van der Waals surface area contributed by atoms with Crippen molar-refractivity contribution in [1.29, 1.82) is 0 Å². The van der Waals surface area contributed by atoms with Crippen LogP contribution in [0.15, 0.2) is 36.4 Å². The maximum Gasteiger partial charge on any atom is 0.232 e. The van der Waals surface area contributed by atoms with E-state index in [-0.39, 0.29) is 23.7 Å². The van der Waals surface area contributed by atoms with Crippen LogP contribution in [0.25, 0.3) is 28.5 Å². The molecular weight excluding hydrogens is 462 g/mol. The Labute approximate surface area is 197 Å². The number of ether oxygens (including phenoxy) is 3. The number of benzene rings is 1. The summed E-state index contributed by atoms with van der Waals surface area (Å²) in [5.74, 6) is 1.90. The topological polar surface area (TPSA) is 160 Å². The van der Waals surface area contributed by atoms with Gasteiger partial charge in [0.25, 0.3) is 0 Å². The van der Waals surface area contributed by atoms with Crippen LogP contribution in [0, 0.1) is 0 Å². The number of imidazole rings is 1. The standard InChI is InChI=1S/C21H23N7O5S/c1-4-33-16-10-5-7-12(24-16)20-27-19-21(25-13(18(22)26-19)11-23-34(29)30)28(20)17-14(31-2)8-6-9-15(17)32-3/h5-10,23H,4,11H2,1-3H3,(H2,22,26)(H,29,30). The number of aromatic nitrogens is 5. The van der Waals surface area contributed by atoms with Gasteiger partial charge in [-0.05, 0) is 25.1 Å². The summed E-state index contributed by atoms with van der Waals surface area (Å²) in [6.45, 7) is 2.24. The molecule has 1 aromatic carbocycles. The van der Waals surface area contributed by atoms with Gasteiger partial charge in [0.05, 0.1) is 33.1 Å². The van der Waals surface area contributed by atoms with E-state index >= 15 is 0 Å². The number of hydrogen-bond donors (Lipinski definition) is 3. The third-order valence-corrected chi connectivity index (χ3v) is 5.22. The molecule has 0 aliphatic rings. The van der Waals surface area contributed by atoms with Gasteiger partial charge in [0.15, 0.2) is 17.1 Å². The molecule has 12 nitrogen and oxygen atoms in total. The Kier molecular flexibility index (Phi) is 6.86. The van der Waals surface area contributed by atoms with Gasteiger partial charge in [-0.15, -0.1) is 0 Å². The fourth-order valence-electron chi connectivity index (χ4n) is 3.40. The Morgan fingerprint density at radius 3 is 2.41 bits per heavy atom. The number of rotatable bonds is 9. The molecule has 3 aromatic heterocycles. The van der Waals surface area contributed by atoms with E-state index in [1.807, 2.05) is 6.92 Å². The second kappa shape index (κ2) is 9.99. The van der Waals surface area contributed by atoms with Gasteiger partial charge >= 0.3 is 0 Å². The van der Waals surface area contributed by atoms with Crippen molar-refractivity contribution in [2.45, 2.75) is 13.5 Å². The lowest BCUT2D eigenvalue weighted by Gasteiger charge is -2.16. The SMILES string of the molecule is CCOc1cccc(-c2nc3nc(N)c(CNS(=O)O)nc3n2-c2c(OC)cccc2OC)n1. The van der Waals surface area contributed by atoms with Crippen LogP contribution < -0.4 is 24.7 Å². The quantitative estimate of drug-likeness (QED) is 0.300. The zero-order valence-electron chi connectivity index (χ0n) is 18.7. The van der Waals surface area contributed by atoms with Gasteiger partial charge in [-0.25, -0.2) is 28.9 Å². The van der Waals surface area contributed by atoms with Gasteiger partial charge in [0.1, 0.15) is 28.7 Å². The highest BCUT2D eigenvalue weighted by atomic mass is 32.2. The van der Waals surface area contributed by atoms with E-state index in [9.17, 15) is 4.21 Å². The van der Waals surface area contributed by atoms with Crippen LogP contribution >= 0.6 is 0 Å². The number of methoxy groups -OCH3 is 2. The molecule has 34 heavy (non-hydrogen) atoms. The minimum atomic E-state index is -2.25. The highest BCUT2D eigenvalue weighted by Gasteiger charge is 2.24. The van der Waals surface area contributed by atoms with Crippen molar-refractivity contribution in [3.05, 3.63) is 42.1 Å². The van der Waals surface area contributed by atoms with Crippen LogP contribution in [0.1, 0.15) is 12.6 Å². The first-order valence-electron chi connectivity index (χ1n) is 10.2. The molecule has 0 amide bonds. The van der Waals surface area contributed by atoms with Crippen LogP contribution in [0.5, 0.6) is 17.4 Å². The molecule has 4 aromatic rings. The summed E-state index contributed by atoms with van der Waals surface area (Å²) in [5.41, 5.74) is 7.92. The molecule has 0 saturated carbocycles. The monoisotopic (exact) mass is 485 g/mol. The van der Waals surface area contributed by atoms with Gasteiger partial charge in [0, 0.05) is 6.07 Å². The predicted octanol–water partition coefficient (Wildman–Crippen LogP) is 2.10. The number of nitrogen functional groups attached to an aromatic ring is 1. The van der Waals surface area contributed by atoms with Crippen molar-refractivity contribution < 1.29 is 23.0 Å². The number of pyridine rings is 1. The maximum atomic E-state index is 11.1. The van der Waals surface area contributed by atoms with Crippen molar-refractivity contribution in [2.75, 3.05) is 26.6 Å². The molecule has 0 bridgehead atoms. The maximum absolute atomic E-state index is 11.1. The third kappa shape index (κ3) is 4.48. The Balaban J connectivity index is 2.05. The Morgan fingerprint density at radius 2 is 1.76 bits per heavy atom. The van der Waals surface area contributed by atoms with E-state index in [1.165, 1.54) is 0 Å². The molecule has 178 valence electrons. The van der Waals surface area contributed by atoms with Gasteiger partial charge in [-0.1, -0.05) is 12.1 Å². The first-order chi connectivity index (χ1) is 16.5. The van der Waals surface area contributed by atoms with Gasteiger partial charge in [-0.2, -0.15) is 0 Å². The van der Waals surface area contributed by atoms with E-state index in [0.717, 1.165) is 0 Å². The number of anilines is 1. The summed E-state index contributed by atoms with van der Waals surface area (Å²) in [5, 5.41) is 0. The molecule has 0 spiro atoms. The highest BCUT2D eigenvalue weighted by Crippen LogP contribution is 2.38. The lowest BCUT2D eigenvalue weighted by molar-refractivity contribution is 0.327. The number of nitrogens with zero attached hydrogens (tertiary/aromatic N) is 5. The summed E-state index contributed by atoms with van der Waals surface area (Å²) in [7, 11) is 3.08. The van der Waals surface area contributed by atoms with E-state index in [2.05, 4.69) is 24.7 Å². The number of para-hydroxylation sites is 1. The molecule has 0 fully saturated rings. The van der Waals surface area contributed by atoms with E-state index < -0.39 is 11.3 Å². The lowest BCUT2D eigenvalue weighted by Crippen LogP contribution is -2.18. The molecule has 0 aliphatic carbocycles. The summed E-state index contributed by atoms with van der Waals surface area (Å²) in [6.07, 6.45) is 0. The predicted molar refractivity (Wildman–Crippen MR) is 126 cm³/mol. The molecule has 1 atom stereocenters. The van der Waals surface area contributed by atoms with Crippen molar-refractivity contribution >= 4 is 28.4 Å². The number of hydrogen-bond acceptors (Lipinski definition) is 9. The average molecular weight is 486 g/mol. The Bertz CT molecular complexity index is 1340. The van der Waals surface area contributed by atoms with Gasteiger partial charge in [0.2, 0.25) is 17.1 Å². The molecular formula is C21H23N7O5S. The Morgan fingerprint density at radius 1 is 1.06 bits per heavy atom. The zero-order chi connectivity index (χ0) is 24.2. The average Bonchev–Trinajstić information content (AvgIpc) is 3.19. The van der Waals surface area contributed by atoms with Crippen LogP contribution in [-0.2, 0) is 17.8 Å². The van der Waals surface area contributed by atoms with Crippen molar-refractivity contribution in [2.24, 2.45) is 0 Å². The number of nitrogens with two attached hydrogens (primary N) is 1. The lowest BCUT2D eigenvalue weighted by atomic mass is 10.2. The molecule has 1 unspecified atom stereocenters. The number of fused-ring (bicyclic) bond motifs is 1. The van der Waals surface area contributed by atoms with E-state index in [4.69, 9.17) is 24.5 Å². The van der Waals surface area contributed by atoms with Crippen molar-refractivity contribution in [3.63, 3.8) is 0 Å².